The van der Waals surface area contributed by atoms with Crippen molar-refractivity contribution in [1.29, 1.82) is 0 Å². The number of benzene rings is 1. The molecule has 0 saturated carbocycles. The molecule has 2 unspecified atom stereocenters. The van der Waals surface area contributed by atoms with Gasteiger partial charge in [-0.15, -0.1) is 12.4 Å². The summed E-state index contributed by atoms with van der Waals surface area (Å²) in [5.41, 5.74) is 0.702. The van der Waals surface area contributed by atoms with Crippen molar-refractivity contribution in [2.45, 2.75) is 18.9 Å². The molecule has 1 amide bonds. The first-order chi connectivity index (χ1) is 10.7. The quantitative estimate of drug-likeness (QED) is 0.866. The summed E-state index contributed by atoms with van der Waals surface area (Å²) in [5, 5.41) is 6.94. The molecule has 2 N–H and O–H groups in total. The molecule has 1 aromatic carbocycles. The molecule has 0 bridgehead atoms. The molecule has 128 valence electrons. The van der Waals surface area contributed by atoms with Crippen molar-refractivity contribution >= 4 is 35.6 Å². The van der Waals surface area contributed by atoms with E-state index in [1.54, 1.807) is 25.3 Å². The molecule has 0 radical (unpaired) electrons. The van der Waals surface area contributed by atoms with Crippen LogP contribution in [0.1, 0.15) is 12.8 Å². The van der Waals surface area contributed by atoms with Gasteiger partial charge < -0.3 is 15.4 Å². The minimum Gasteiger partial charge on any atom is -0.495 e. The molecule has 2 aliphatic heterocycles. The van der Waals surface area contributed by atoms with E-state index in [2.05, 4.69) is 15.5 Å². The van der Waals surface area contributed by atoms with Gasteiger partial charge in [-0.3, -0.25) is 9.69 Å². The summed E-state index contributed by atoms with van der Waals surface area (Å²) in [4.78, 5) is 14.4. The van der Waals surface area contributed by atoms with E-state index in [9.17, 15) is 4.79 Å². The van der Waals surface area contributed by atoms with Crippen LogP contribution in [-0.4, -0.2) is 50.1 Å². The lowest BCUT2D eigenvalue weighted by Gasteiger charge is -2.34. The molecule has 0 aliphatic carbocycles. The van der Waals surface area contributed by atoms with Crippen LogP contribution in [0.15, 0.2) is 18.2 Å². The fourth-order valence-corrected chi connectivity index (χ4v) is 3.67. The molecule has 0 spiro atoms. The van der Waals surface area contributed by atoms with Gasteiger partial charge in [0, 0.05) is 24.8 Å². The number of rotatable bonds is 4. The highest BCUT2D eigenvalue weighted by Gasteiger charge is 2.32. The number of piperidine rings is 1. The Morgan fingerprint density at radius 3 is 3.04 bits per heavy atom. The molecular weight excluding hydrogens is 337 g/mol. The summed E-state index contributed by atoms with van der Waals surface area (Å²) >= 11 is 6.07. The van der Waals surface area contributed by atoms with Crippen LogP contribution in [0.2, 0.25) is 5.02 Å². The Labute approximate surface area is 148 Å². The van der Waals surface area contributed by atoms with Gasteiger partial charge in [0.25, 0.3) is 0 Å². The summed E-state index contributed by atoms with van der Waals surface area (Å²) in [7, 11) is 1.57. The van der Waals surface area contributed by atoms with Crippen molar-refractivity contribution in [3.63, 3.8) is 0 Å². The Hall–Kier alpha value is -1.01. The number of hydrogen-bond donors (Lipinski definition) is 2. The molecule has 23 heavy (non-hydrogen) atoms. The van der Waals surface area contributed by atoms with Gasteiger partial charge in [0.1, 0.15) is 5.75 Å². The fourth-order valence-electron chi connectivity index (χ4n) is 3.41. The van der Waals surface area contributed by atoms with E-state index in [4.69, 9.17) is 16.3 Å². The van der Waals surface area contributed by atoms with Crippen LogP contribution < -0.4 is 15.4 Å². The lowest BCUT2D eigenvalue weighted by molar-refractivity contribution is -0.117. The summed E-state index contributed by atoms with van der Waals surface area (Å²) in [6.45, 7) is 3.53. The average Bonchev–Trinajstić information content (AvgIpc) is 2.95. The van der Waals surface area contributed by atoms with E-state index < -0.39 is 0 Å². The van der Waals surface area contributed by atoms with E-state index in [1.807, 2.05) is 0 Å². The van der Waals surface area contributed by atoms with Gasteiger partial charge in [-0.25, -0.2) is 0 Å². The molecule has 2 saturated heterocycles. The molecule has 2 atom stereocenters. The number of anilines is 1. The molecule has 2 fully saturated rings. The fraction of sp³-hybridized carbons (Fsp3) is 0.562. The second-order valence-corrected chi connectivity index (χ2v) is 6.44. The van der Waals surface area contributed by atoms with Gasteiger partial charge >= 0.3 is 0 Å². The minimum absolute atomic E-state index is 0. The van der Waals surface area contributed by atoms with Gasteiger partial charge in [0.2, 0.25) is 5.91 Å². The number of hydrogen-bond acceptors (Lipinski definition) is 4. The zero-order chi connectivity index (χ0) is 15.5. The third-order valence-electron chi connectivity index (χ3n) is 4.54. The topological polar surface area (TPSA) is 53.6 Å². The van der Waals surface area contributed by atoms with E-state index in [1.165, 1.54) is 6.42 Å². The van der Waals surface area contributed by atoms with Crippen molar-refractivity contribution in [3.8, 4) is 5.75 Å². The number of amides is 1. The van der Waals surface area contributed by atoms with Gasteiger partial charge in [-0.05, 0) is 43.5 Å². The molecule has 5 nitrogen and oxygen atoms in total. The van der Waals surface area contributed by atoms with Crippen molar-refractivity contribution in [2.75, 3.05) is 38.6 Å². The van der Waals surface area contributed by atoms with Gasteiger partial charge in [0.05, 0.1) is 18.7 Å². The average molecular weight is 360 g/mol. The van der Waals surface area contributed by atoms with Gasteiger partial charge in [-0.1, -0.05) is 11.6 Å². The third-order valence-corrected chi connectivity index (χ3v) is 4.84. The number of fused-ring (bicyclic) bond motifs is 1. The van der Waals surface area contributed by atoms with Crippen molar-refractivity contribution in [3.05, 3.63) is 23.2 Å². The first kappa shape index (κ1) is 18.3. The third kappa shape index (κ3) is 4.51. The summed E-state index contributed by atoms with van der Waals surface area (Å²) < 4.78 is 5.11. The van der Waals surface area contributed by atoms with Crippen LogP contribution in [0.4, 0.5) is 5.69 Å². The maximum Gasteiger partial charge on any atom is 0.238 e. The Kier molecular flexibility index (Phi) is 6.53. The van der Waals surface area contributed by atoms with Crippen molar-refractivity contribution in [1.82, 2.24) is 10.2 Å². The number of ether oxygens (including phenoxy) is 1. The normalized spacial score (nSPS) is 23.7. The first-order valence-corrected chi connectivity index (χ1v) is 8.12. The zero-order valence-corrected chi connectivity index (χ0v) is 14.8. The number of methoxy groups -OCH3 is 1. The first-order valence-electron chi connectivity index (χ1n) is 7.75. The smallest absolute Gasteiger partial charge is 0.238 e. The predicted molar refractivity (Wildman–Crippen MR) is 94.8 cm³/mol. The van der Waals surface area contributed by atoms with Crippen molar-refractivity contribution in [2.24, 2.45) is 5.92 Å². The predicted octanol–water partition coefficient (Wildman–Crippen LogP) is 2.39. The maximum atomic E-state index is 12.2. The Morgan fingerprint density at radius 1 is 1.48 bits per heavy atom. The second kappa shape index (κ2) is 8.20. The Balaban J connectivity index is 0.00000192. The minimum atomic E-state index is 0. The monoisotopic (exact) mass is 359 g/mol. The maximum absolute atomic E-state index is 12.2. The number of likely N-dealkylation sites (tertiary alicyclic amines) is 1. The molecule has 3 rings (SSSR count). The van der Waals surface area contributed by atoms with Crippen LogP contribution in [0.3, 0.4) is 0 Å². The highest BCUT2D eigenvalue weighted by atomic mass is 35.5. The van der Waals surface area contributed by atoms with Crippen LogP contribution in [-0.2, 0) is 4.79 Å². The molecule has 0 aromatic heterocycles. The largest absolute Gasteiger partial charge is 0.495 e. The van der Waals surface area contributed by atoms with E-state index in [0.29, 0.717) is 35.0 Å². The molecular formula is C16H23Cl2N3O2. The summed E-state index contributed by atoms with van der Waals surface area (Å²) in [6, 6.07) is 5.93. The van der Waals surface area contributed by atoms with E-state index >= 15 is 0 Å². The number of nitrogens with one attached hydrogen (secondary N) is 2. The number of halogens is 2. The van der Waals surface area contributed by atoms with Gasteiger partial charge in [0.15, 0.2) is 0 Å². The molecule has 2 heterocycles. The Bertz CT molecular complexity index is 556. The second-order valence-electron chi connectivity index (χ2n) is 6.03. The lowest BCUT2D eigenvalue weighted by atomic mass is 9.93. The van der Waals surface area contributed by atoms with E-state index in [-0.39, 0.29) is 18.3 Å². The lowest BCUT2D eigenvalue weighted by Crippen LogP contribution is -2.46. The van der Waals surface area contributed by atoms with Crippen molar-refractivity contribution < 1.29 is 9.53 Å². The Morgan fingerprint density at radius 2 is 2.30 bits per heavy atom. The van der Waals surface area contributed by atoms with E-state index in [0.717, 1.165) is 26.1 Å². The zero-order valence-electron chi connectivity index (χ0n) is 13.2. The SMILES string of the molecule is COc1ccc(NC(=O)CN2CCC3NCCC3C2)cc1Cl.Cl. The highest BCUT2D eigenvalue weighted by molar-refractivity contribution is 6.32. The van der Waals surface area contributed by atoms with Crippen LogP contribution in [0, 0.1) is 5.92 Å². The molecule has 1 aromatic rings. The van der Waals surface area contributed by atoms with Crippen LogP contribution >= 0.6 is 24.0 Å². The summed E-state index contributed by atoms with van der Waals surface area (Å²) in [6.07, 6.45) is 2.35. The highest BCUT2D eigenvalue weighted by Crippen LogP contribution is 2.27. The molecule has 2 aliphatic rings. The standard InChI is InChI=1S/C16H22ClN3O2.ClH/c1-22-15-3-2-12(8-13(15)17)19-16(21)10-20-7-5-14-11(9-20)4-6-18-14;/h2-3,8,11,14,18H,4-7,9-10H2,1H3,(H,19,21);1H. The summed E-state index contributed by atoms with van der Waals surface area (Å²) in [5.74, 6) is 1.30. The van der Waals surface area contributed by atoms with Crippen LogP contribution in [0.5, 0.6) is 5.75 Å². The molecule has 7 heteroatoms. The van der Waals surface area contributed by atoms with Crippen LogP contribution in [0.25, 0.3) is 0 Å². The van der Waals surface area contributed by atoms with Gasteiger partial charge in [-0.2, -0.15) is 0 Å². The number of nitrogens with zero attached hydrogens (tertiary/aromatic N) is 1. The number of carbonyl (C=O) groups is 1. The number of carbonyl (C=O) groups excluding carboxylic acids is 1.